The Bertz CT molecular complexity index is 1390. The Kier molecular flexibility index (Phi) is 10.1. The highest BCUT2D eigenvalue weighted by molar-refractivity contribution is 8.26. The second kappa shape index (κ2) is 13.5. The predicted molar refractivity (Wildman–Crippen MR) is 166 cm³/mol. The lowest BCUT2D eigenvalue weighted by molar-refractivity contribution is -0.122. The molecule has 0 N–H and O–H groups in total. The van der Waals surface area contributed by atoms with Crippen LogP contribution in [0.2, 0.25) is 0 Å². The summed E-state index contributed by atoms with van der Waals surface area (Å²) in [6.07, 6.45) is 4.26. The fraction of sp³-hybridized carbons (Fsp3) is 0.467. The van der Waals surface area contributed by atoms with Crippen molar-refractivity contribution in [1.29, 1.82) is 5.26 Å². The molecule has 2 fully saturated rings. The molecule has 2 saturated heterocycles. The maximum absolute atomic E-state index is 13.6. The number of anilines is 1. The number of nitrogens with zero attached hydrogens (tertiary/aromatic N) is 5. The number of pyridine rings is 1. The summed E-state index contributed by atoms with van der Waals surface area (Å²) in [7, 11) is 1.63. The molecule has 0 spiro atoms. The number of carbonyl (C=O) groups is 1. The number of rotatable bonds is 10. The highest BCUT2D eigenvalue weighted by atomic mass is 32.2. The molecular weight excluding hydrogens is 542 g/mol. The number of ether oxygens (including phenoxy) is 1. The summed E-state index contributed by atoms with van der Waals surface area (Å²) in [4.78, 5) is 33.9. The van der Waals surface area contributed by atoms with Crippen LogP contribution < -0.4 is 15.2 Å². The van der Waals surface area contributed by atoms with E-state index >= 15 is 0 Å². The monoisotopic (exact) mass is 579 g/mol. The first kappa shape index (κ1) is 29.8. The van der Waals surface area contributed by atoms with Crippen LogP contribution in [-0.4, -0.2) is 71.0 Å². The number of thiocarbonyl (C=S) groups is 1. The van der Waals surface area contributed by atoms with Gasteiger partial charge < -0.3 is 14.5 Å². The maximum Gasteiger partial charge on any atom is 0.270 e. The van der Waals surface area contributed by atoms with Crippen molar-refractivity contribution in [3.05, 3.63) is 61.8 Å². The van der Waals surface area contributed by atoms with Crippen molar-refractivity contribution in [2.45, 2.75) is 46.6 Å². The second-order valence-electron chi connectivity index (χ2n) is 10.0. The van der Waals surface area contributed by atoms with Crippen molar-refractivity contribution in [3.8, 4) is 11.8 Å². The van der Waals surface area contributed by atoms with E-state index in [0.717, 1.165) is 68.3 Å². The Morgan fingerprint density at radius 2 is 1.80 bits per heavy atom. The van der Waals surface area contributed by atoms with Gasteiger partial charge in [-0.15, -0.1) is 0 Å². The molecule has 1 amide bonds. The molecule has 8 nitrogen and oxygen atoms in total. The molecule has 212 valence electrons. The highest BCUT2D eigenvalue weighted by Gasteiger charge is 2.33. The quantitative estimate of drug-likeness (QED) is 0.302. The lowest BCUT2D eigenvalue weighted by atomic mass is 10.0. The van der Waals surface area contributed by atoms with E-state index in [1.165, 1.54) is 11.8 Å². The zero-order valence-electron chi connectivity index (χ0n) is 23.7. The first-order valence-electron chi connectivity index (χ1n) is 13.9. The Hall–Kier alpha value is -3.13. The number of unbranched alkanes of at least 4 members (excludes halogenated alkanes) is 1. The Balaban J connectivity index is 1.71. The van der Waals surface area contributed by atoms with Crippen molar-refractivity contribution in [2.75, 3.05) is 51.3 Å². The van der Waals surface area contributed by atoms with Crippen molar-refractivity contribution < 1.29 is 9.53 Å². The fourth-order valence-corrected chi connectivity index (χ4v) is 6.43. The average molecular weight is 580 g/mol. The smallest absolute Gasteiger partial charge is 0.270 e. The fourth-order valence-electron chi connectivity index (χ4n) is 5.14. The van der Waals surface area contributed by atoms with Crippen LogP contribution in [0.5, 0.6) is 5.75 Å². The Morgan fingerprint density at radius 3 is 2.40 bits per heavy atom. The third-order valence-electron chi connectivity index (χ3n) is 7.63. The minimum atomic E-state index is -0.259. The zero-order valence-corrected chi connectivity index (χ0v) is 25.4. The molecule has 0 radical (unpaired) electrons. The number of methoxy groups -OCH3 is 1. The molecule has 1 aromatic heterocycles. The molecule has 0 atom stereocenters. The van der Waals surface area contributed by atoms with E-state index in [0.29, 0.717) is 34.3 Å². The van der Waals surface area contributed by atoms with Crippen LogP contribution in [-0.2, 0) is 17.8 Å². The molecule has 0 unspecified atom stereocenters. The summed E-state index contributed by atoms with van der Waals surface area (Å²) >= 11 is 6.90. The summed E-state index contributed by atoms with van der Waals surface area (Å²) < 4.78 is 7.51. The average Bonchev–Trinajstić information content (AvgIpc) is 3.24. The zero-order chi connectivity index (χ0) is 28.8. The third-order valence-corrected chi connectivity index (χ3v) is 9.01. The molecule has 40 heavy (non-hydrogen) atoms. The normalized spacial score (nSPS) is 17.1. The predicted octanol–water partition coefficient (Wildman–Crippen LogP) is 4.42. The van der Waals surface area contributed by atoms with Crippen LogP contribution in [0.3, 0.4) is 0 Å². The first-order chi connectivity index (χ1) is 19.3. The van der Waals surface area contributed by atoms with Crippen molar-refractivity contribution in [1.82, 2.24) is 14.4 Å². The molecular formula is C30H37N5O3S2. The number of thioether (sulfide) groups is 1. The lowest BCUT2D eigenvalue weighted by Crippen LogP contribution is -2.48. The van der Waals surface area contributed by atoms with E-state index in [-0.39, 0.29) is 17.0 Å². The van der Waals surface area contributed by atoms with Gasteiger partial charge in [0.25, 0.3) is 11.5 Å². The molecule has 2 aliphatic rings. The van der Waals surface area contributed by atoms with Gasteiger partial charge in [-0.25, -0.2) is 0 Å². The van der Waals surface area contributed by atoms with E-state index in [2.05, 4.69) is 29.7 Å². The summed E-state index contributed by atoms with van der Waals surface area (Å²) in [5.41, 5.74) is 2.33. The van der Waals surface area contributed by atoms with E-state index in [9.17, 15) is 14.9 Å². The molecule has 0 aliphatic carbocycles. The topological polar surface area (TPSA) is 81.8 Å². The van der Waals surface area contributed by atoms with E-state index < -0.39 is 0 Å². The number of nitriles is 1. The van der Waals surface area contributed by atoms with Crippen molar-refractivity contribution in [3.63, 3.8) is 0 Å². The Morgan fingerprint density at radius 1 is 1.10 bits per heavy atom. The van der Waals surface area contributed by atoms with Gasteiger partial charge in [-0.1, -0.05) is 56.4 Å². The number of benzene rings is 1. The second-order valence-corrected chi connectivity index (χ2v) is 11.7. The number of carbonyl (C=O) groups excluding carboxylic acids is 1. The van der Waals surface area contributed by atoms with Crippen LogP contribution >= 0.6 is 24.0 Å². The van der Waals surface area contributed by atoms with Crippen LogP contribution in [0, 0.1) is 18.3 Å². The Labute approximate surface area is 246 Å². The highest BCUT2D eigenvalue weighted by Crippen LogP contribution is 2.36. The summed E-state index contributed by atoms with van der Waals surface area (Å²) in [5, 5.41) is 9.94. The molecule has 4 rings (SSSR count). The minimum Gasteiger partial charge on any atom is -0.497 e. The van der Waals surface area contributed by atoms with E-state index in [1.54, 1.807) is 16.6 Å². The van der Waals surface area contributed by atoms with Crippen LogP contribution in [0.1, 0.15) is 48.9 Å². The van der Waals surface area contributed by atoms with Gasteiger partial charge in [-0.3, -0.25) is 19.1 Å². The van der Waals surface area contributed by atoms with Gasteiger partial charge >= 0.3 is 0 Å². The van der Waals surface area contributed by atoms with Gasteiger partial charge in [0.1, 0.15) is 27.5 Å². The van der Waals surface area contributed by atoms with Crippen LogP contribution in [0.4, 0.5) is 5.82 Å². The van der Waals surface area contributed by atoms with Crippen molar-refractivity contribution >= 4 is 46.1 Å². The SMILES string of the molecule is CCCCn1c(N2CCN(CC)CC2)c(/C=C2/SC(=S)N(CCc3ccc(OC)cc3)C2=O)c(C)c(C#N)c1=O. The molecule has 3 heterocycles. The molecule has 0 saturated carbocycles. The standard InChI is InChI=1S/C30H37N5O3S2/c1-5-7-13-34-27(33-17-15-32(6-2)16-18-33)24(21(3)25(20-31)28(34)36)19-26-29(37)35(30(39)40-26)14-12-22-8-10-23(38-4)11-9-22/h8-11,19H,5-7,12-18H2,1-4H3/b26-19+. The number of piperazine rings is 1. The molecule has 0 bridgehead atoms. The van der Waals surface area contributed by atoms with Gasteiger partial charge in [-0.05, 0) is 55.6 Å². The van der Waals surface area contributed by atoms with Crippen LogP contribution in [0.25, 0.3) is 6.08 Å². The number of hydrogen-bond acceptors (Lipinski definition) is 8. The minimum absolute atomic E-state index is 0.133. The van der Waals surface area contributed by atoms with E-state index in [4.69, 9.17) is 17.0 Å². The van der Waals surface area contributed by atoms with Gasteiger partial charge in [0.05, 0.1) is 12.0 Å². The molecule has 1 aromatic carbocycles. The van der Waals surface area contributed by atoms with Gasteiger partial charge in [0, 0.05) is 44.8 Å². The van der Waals surface area contributed by atoms with Gasteiger partial charge in [-0.2, -0.15) is 5.26 Å². The summed E-state index contributed by atoms with van der Waals surface area (Å²) in [6, 6.07) is 9.93. The van der Waals surface area contributed by atoms with Crippen molar-refractivity contribution in [2.24, 2.45) is 0 Å². The number of hydrogen-bond donors (Lipinski definition) is 0. The first-order valence-corrected chi connectivity index (χ1v) is 15.1. The summed E-state index contributed by atoms with van der Waals surface area (Å²) in [5.74, 6) is 1.44. The van der Waals surface area contributed by atoms with Gasteiger partial charge in [0.15, 0.2) is 0 Å². The number of aromatic nitrogens is 1. The number of amides is 1. The lowest BCUT2D eigenvalue weighted by Gasteiger charge is -2.37. The number of likely N-dealkylation sites (N-methyl/N-ethyl adjacent to an activating group) is 1. The largest absolute Gasteiger partial charge is 0.497 e. The van der Waals surface area contributed by atoms with E-state index in [1.807, 2.05) is 37.3 Å². The maximum atomic E-state index is 13.6. The molecule has 2 aromatic rings. The molecule has 10 heteroatoms. The molecule has 2 aliphatic heterocycles. The van der Waals surface area contributed by atoms with Gasteiger partial charge in [0.2, 0.25) is 0 Å². The summed E-state index contributed by atoms with van der Waals surface area (Å²) in [6.45, 7) is 11.4. The van der Waals surface area contributed by atoms with Crippen LogP contribution in [0.15, 0.2) is 34.0 Å². The third kappa shape index (κ3) is 6.27.